The van der Waals surface area contributed by atoms with E-state index >= 15 is 0 Å². The Bertz CT molecular complexity index is 45.8. The van der Waals surface area contributed by atoms with Crippen LogP contribution in [0.3, 0.4) is 0 Å². The Kier molecular flexibility index (Phi) is 5.01. The second kappa shape index (κ2) is 5.06. The molecule has 0 atom stereocenters. The van der Waals surface area contributed by atoms with Crippen molar-refractivity contribution in [3.63, 3.8) is 0 Å². The third-order valence-corrected chi connectivity index (χ3v) is 1.03. The van der Waals surface area contributed by atoms with E-state index < -0.39 is 0 Å². The van der Waals surface area contributed by atoms with Gasteiger partial charge in [-0.1, -0.05) is 13.8 Å². The van der Waals surface area contributed by atoms with Crippen LogP contribution in [0.1, 0.15) is 26.7 Å². The van der Waals surface area contributed by atoms with Gasteiger partial charge in [0.1, 0.15) is 0 Å². The maximum Gasteiger partial charge on any atom is 0.0699 e. The van der Waals surface area contributed by atoms with E-state index in [0.717, 1.165) is 12.3 Å². The van der Waals surface area contributed by atoms with Gasteiger partial charge in [0.25, 0.3) is 0 Å². The summed E-state index contributed by atoms with van der Waals surface area (Å²) in [5, 5.41) is 0. The molecule has 0 aliphatic rings. The first-order valence-corrected chi connectivity index (χ1v) is 3.06. The third-order valence-electron chi connectivity index (χ3n) is 1.03. The van der Waals surface area contributed by atoms with Gasteiger partial charge in [0.2, 0.25) is 0 Å². The van der Waals surface area contributed by atoms with Crippen LogP contribution in [0.4, 0.5) is 0 Å². The molecule has 0 aliphatic carbocycles. The quantitative estimate of drug-likeness (QED) is 0.406. The van der Waals surface area contributed by atoms with Crippen LogP contribution in [-0.2, 0) is 4.84 Å². The smallest absolute Gasteiger partial charge is 0.0699 e. The highest BCUT2D eigenvalue weighted by Crippen LogP contribution is 2.01. The zero-order valence-corrected chi connectivity index (χ0v) is 5.61. The van der Waals surface area contributed by atoms with Crippen molar-refractivity contribution in [2.45, 2.75) is 26.7 Å². The van der Waals surface area contributed by atoms with Gasteiger partial charge in [-0.15, -0.1) is 5.90 Å². The Morgan fingerprint density at radius 1 is 1.50 bits per heavy atom. The van der Waals surface area contributed by atoms with Gasteiger partial charge in [-0.3, -0.25) is 4.84 Å². The van der Waals surface area contributed by atoms with E-state index in [1.807, 2.05) is 0 Å². The van der Waals surface area contributed by atoms with E-state index in [2.05, 4.69) is 18.7 Å². The van der Waals surface area contributed by atoms with Gasteiger partial charge in [-0.05, 0) is 18.8 Å². The van der Waals surface area contributed by atoms with Crippen LogP contribution in [0.5, 0.6) is 0 Å². The lowest BCUT2D eigenvalue weighted by Crippen LogP contribution is -1.93. The molecule has 0 bridgehead atoms. The highest BCUT2D eigenvalue weighted by Gasteiger charge is 1.91. The molecule has 0 fully saturated rings. The van der Waals surface area contributed by atoms with Crippen LogP contribution in [0.15, 0.2) is 0 Å². The summed E-state index contributed by atoms with van der Waals surface area (Å²) in [6, 6.07) is 0. The molecule has 8 heavy (non-hydrogen) atoms. The van der Waals surface area contributed by atoms with Crippen LogP contribution in [0.25, 0.3) is 0 Å². The molecule has 1 radical (unpaired) electrons. The second-order valence-corrected chi connectivity index (χ2v) is 2.38. The van der Waals surface area contributed by atoms with E-state index in [4.69, 9.17) is 5.90 Å². The van der Waals surface area contributed by atoms with Gasteiger partial charge in [-0.2, -0.15) is 0 Å². The van der Waals surface area contributed by atoms with E-state index in [-0.39, 0.29) is 0 Å². The molecule has 0 aromatic rings. The monoisotopic (exact) mass is 116 g/mol. The minimum atomic E-state index is 0.582. The summed E-state index contributed by atoms with van der Waals surface area (Å²) >= 11 is 0. The Labute approximate surface area is 51.0 Å². The molecule has 49 valence electrons. The van der Waals surface area contributed by atoms with Crippen LogP contribution >= 0.6 is 0 Å². The highest BCUT2D eigenvalue weighted by molar-refractivity contribution is 4.42. The zero-order valence-electron chi connectivity index (χ0n) is 5.61. The number of rotatable bonds is 4. The molecule has 0 amide bonds. The average molecular weight is 116 g/mol. The largest absolute Gasteiger partial charge is 0.285 e. The predicted molar refractivity (Wildman–Crippen MR) is 33.1 cm³/mol. The van der Waals surface area contributed by atoms with Gasteiger partial charge < -0.3 is 0 Å². The van der Waals surface area contributed by atoms with Gasteiger partial charge in [0.15, 0.2) is 0 Å². The molecule has 0 rings (SSSR count). The summed E-state index contributed by atoms with van der Waals surface area (Å²) in [6.45, 7) is 4.92. The van der Waals surface area contributed by atoms with Gasteiger partial charge in [0.05, 0.1) is 6.61 Å². The third kappa shape index (κ3) is 5.92. The second-order valence-electron chi connectivity index (χ2n) is 2.38. The lowest BCUT2D eigenvalue weighted by Gasteiger charge is -2.00. The van der Waals surface area contributed by atoms with Crippen LogP contribution < -0.4 is 5.90 Å². The molecule has 0 spiro atoms. The molecule has 2 heteroatoms. The molecule has 2 nitrogen and oxygen atoms in total. The summed E-state index contributed by atoms with van der Waals surface area (Å²) in [5.74, 6) is 7.09. The fraction of sp³-hybridized carbons (Fsp3) is 1.00. The van der Waals surface area contributed by atoms with Gasteiger partial charge in [-0.25, -0.2) is 0 Å². The highest BCUT2D eigenvalue weighted by atomic mass is 16.6. The molecule has 0 unspecified atom stereocenters. The maximum atomic E-state index is 6.35. The number of hydrogen-bond donors (Lipinski definition) is 0. The first kappa shape index (κ1) is 7.92. The Morgan fingerprint density at radius 3 is 2.50 bits per heavy atom. The molecule has 0 heterocycles. The van der Waals surface area contributed by atoms with E-state index in [1.165, 1.54) is 6.42 Å². The molecular formula is C6H14NO. The first-order valence-electron chi connectivity index (χ1n) is 3.06. The van der Waals surface area contributed by atoms with Crippen molar-refractivity contribution in [3.05, 3.63) is 0 Å². The minimum absolute atomic E-state index is 0.582. The summed E-state index contributed by atoms with van der Waals surface area (Å²) in [7, 11) is 0. The Morgan fingerprint density at radius 2 is 2.12 bits per heavy atom. The SMILES string of the molecule is CC(C)CCCO[NH]. The minimum Gasteiger partial charge on any atom is -0.285 e. The first-order chi connectivity index (χ1) is 3.77. The van der Waals surface area contributed by atoms with E-state index in [1.54, 1.807) is 0 Å². The summed E-state index contributed by atoms with van der Waals surface area (Å²) in [5.41, 5.74) is 0. The molecule has 0 aromatic heterocycles. The van der Waals surface area contributed by atoms with Crippen LogP contribution in [0, 0.1) is 5.92 Å². The molecule has 0 saturated heterocycles. The van der Waals surface area contributed by atoms with Crippen molar-refractivity contribution >= 4 is 0 Å². The molecule has 0 saturated carbocycles. The van der Waals surface area contributed by atoms with E-state index in [0.29, 0.717) is 6.61 Å². The van der Waals surface area contributed by atoms with Crippen molar-refractivity contribution in [3.8, 4) is 0 Å². The van der Waals surface area contributed by atoms with Crippen molar-refractivity contribution in [1.29, 1.82) is 0 Å². The molecule has 0 aromatic carbocycles. The maximum absolute atomic E-state index is 6.35. The van der Waals surface area contributed by atoms with E-state index in [9.17, 15) is 0 Å². The Hall–Kier alpha value is -0.0800. The van der Waals surface area contributed by atoms with Gasteiger partial charge in [0, 0.05) is 0 Å². The average Bonchev–Trinajstić information content (AvgIpc) is 1.66. The normalized spacial score (nSPS) is 10.5. The fourth-order valence-corrected chi connectivity index (χ4v) is 0.564. The lowest BCUT2D eigenvalue weighted by atomic mass is 10.1. The topological polar surface area (TPSA) is 33.0 Å². The number of nitrogens with one attached hydrogen (secondary N) is 1. The predicted octanol–water partition coefficient (Wildman–Crippen LogP) is 1.64. The van der Waals surface area contributed by atoms with Crippen LogP contribution in [-0.4, -0.2) is 6.61 Å². The van der Waals surface area contributed by atoms with Gasteiger partial charge >= 0.3 is 0 Å². The molecular weight excluding hydrogens is 102 g/mol. The lowest BCUT2D eigenvalue weighted by molar-refractivity contribution is 0.112. The van der Waals surface area contributed by atoms with Crippen molar-refractivity contribution < 1.29 is 4.84 Å². The van der Waals surface area contributed by atoms with Crippen molar-refractivity contribution in [1.82, 2.24) is 5.90 Å². The number of hydrogen-bond acceptors (Lipinski definition) is 1. The van der Waals surface area contributed by atoms with Crippen LogP contribution in [0.2, 0.25) is 0 Å². The summed E-state index contributed by atoms with van der Waals surface area (Å²) in [4.78, 5) is 4.14. The molecule has 0 aliphatic heterocycles. The van der Waals surface area contributed by atoms with Crippen molar-refractivity contribution in [2.24, 2.45) is 5.92 Å². The van der Waals surface area contributed by atoms with Crippen molar-refractivity contribution in [2.75, 3.05) is 6.61 Å². The fourth-order valence-electron chi connectivity index (χ4n) is 0.564. The standard InChI is InChI=1S/C6H14NO/c1-6(2)4-3-5-8-7/h6-7H,3-5H2,1-2H3. The summed E-state index contributed by atoms with van der Waals surface area (Å²) < 4.78 is 0. The molecule has 1 N–H and O–H groups in total. The summed E-state index contributed by atoms with van der Waals surface area (Å²) in [6.07, 6.45) is 2.18. The Balaban J connectivity index is 2.72. The zero-order chi connectivity index (χ0) is 6.41.